The summed E-state index contributed by atoms with van der Waals surface area (Å²) in [5, 5.41) is 2.45. The fourth-order valence-corrected chi connectivity index (χ4v) is 3.26. The van der Waals surface area contributed by atoms with Gasteiger partial charge in [-0.25, -0.2) is 21.9 Å². The van der Waals surface area contributed by atoms with Crippen LogP contribution in [0.15, 0.2) is 51.8 Å². The Kier molecular flexibility index (Phi) is 5.45. The molecule has 0 atom stereocenters. The summed E-state index contributed by atoms with van der Waals surface area (Å²) in [5.74, 6) is -3.14. The van der Waals surface area contributed by atoms with Crippen LogP contribution in [-0.2, 0) is 14.8 Å². The van der Waals surface area contributed by atoms with Gasteiger partial charge in [-0.15, -0.1) is 0 Å². The molecular weight excluding hydrogens is 394 g/mol. The van der Waals surface area contributed by atoms with Crippen molar-refractivity contribution in [3.63, 3.8) is 0 Å². The first-order valence-corrected chi connectivity index (χ1v) is 8.56. The predicted molar refractivity (Wildman–Crippen MR) is 84.3 cm³/mol. The third-order valence-corrected chi connectivity index (χ3v) is 4.66. The molecule has 0 heterocycles. The Morgan fingerprint density at radius 2 is 1.70 bits per heavy atom. The number of rotatable bonds is 5. The first-order chi connectivity index (χ1) is 10.8. The summed E-state index contributed by atoms with van der Waals surface area (Å²) in [7, 11) is -4.49. The SMILES string of the molecule is O=C(CNS(=O)(=O)c1c(F)cccc1F)Nc1cccc(Br)c1. The fourth-order valence-electron chi connectivity index (χ4n) is 1.74. The molecule has 0 fully saturated rings. The zero-order valence-electron chi connectivity index (χ0n) is 11.5. The molecule has 2 rings (SSSR count). The van der Waals surface area contributed by atoms with Crippen LogP contribution >= 0.6 is 15.9 Å². The predicted octanol–water partition coefficient (Wildman–Crippen LogP) is 2.64. The number of hydrogen-bond acceptors (Lipinski definition) is 3. The van der Waals surface area contributed by atoms with Crippen molar-refractivity contribution in [1.29, 1.82) is 0 Å². The number of carbonyl (C=O) groups is 1. The van der Waals surface area contributed by atoms with E-state index in [4.69, 9.17) is 0 Å². The van der Waals surface area contributed by atoms with Gasteiger partial charge in [0.05, 0.1) is 6.54 Å². The van der Waals surface area contributed by atoms with E-state index < -0.39 is 39.0 Å². The van der Waals surface area contributed by atoms with Gasteiger partial charge in [-0.3, -0.25) is 4.79 Å². The molecule has 0 aliphatic heterocycles. The van der Waals surface area contributed by atoms with Crippen LogP contribution in [0.1, 0.15) is 0 Å². The minimum atomic E-state index is -4.49. The largest absolute Gasteiger partial charge is 0.325 e. The van der Waals surface area contributed by atoms with E-state index in [0.717, 1.165) is 22.7 Å². The van der Waals surface area contributed by atoms with Crippen LogP contribution in [0, 0.1) is 11.6 Å². The molecular formula is C14H11BrF2N2O3S. The van der Waals surface area contributed by atoms with Crippen LogP contribution in [0.2, 0.25) is 0 Å². The van der Waals surface area contributed by atoms with Gasteiger partial charge in [-0.05, 0) is 30.3 Å². The van der Waals surface area contributed by atoms with Crippen molar-refractivity contribution in [3.05, 3.63) is 58.6 Å². The summed E-state index contributed by atoms with van der Waals surface area (Å²) in [5.41, 5.74) is 0.445. The van der Waals surface area contributed by atoms with Crippen LogP contribution in [0.5, 0.6) is 0 Å². The molecule has 0 spiro atoms. The Hall–Kier alpha value is -1.84. The topological polar surface area (TPSA) is 75.3 Å². The van der Waals surface area contributed by atoms with Crippen LogP contribution in [0.25, 0.3) is 0 Å². The Labute approximate surface area is 139 Å². The highest BCUT2D eigenvalue weighted by Crippen LogP contribution is 2.18. The van der Waals surface area contributed by atoms with E-state index >= 15 is 0 Å². The van der Waals surface area contributed by atoms with E-state index in [0.29, 0.717) is 5.69 Å². The molecule has 0 unspecified atom stereocenters. The maximum Gasteiger partial charge on any atom is 0.246 e. The van der Waals surface area contributed by atoms with E-state index in [1.165, 1.54) is 0 Å². The van der Waals surface area contributed by atoms with Crippen molar-refractivity contribution < 1.29 is 22.0 Å². The number of amides is 1. The zero-order valence-corrected chi connectivity index (χ0v) is 13.9. The second-order valence-electron chi connectivity index (χ2n) is 4.43. The van der Waals surface area contributed by atoms with Gasteiger partial charge in [0.15, 0.2) is 4.90 Å². The first-order valence-electron chi connectivity index (χ1n) is 6.29. The molecule has 0 saturated heterocycles. The molecule has 2 aromatic carbocycles. The summed E-state index contributed by atoms with van der Waals surface area (Å²) < 4.78 is 53.4. The lowest BCUT2D eigenvalue weighted by Gasteiger charge is -2.09. The van der Waals surface area contributed by atoms with Gasteiger partial charge in [0.25, 0.3) is 0 Å². The Morgan fingerprint density at radius 1 is 1.09 bits per heavy atom. The maximum atomic E-state index is 13.5. The highest BCUT2D eigenvalue weighted by Gasteiger charge is 2.24. The molecule has 0 aliphatic carbocycles. The number of anilines is 1. The smallest absolute Gasteiger partial charge is 0.246 e. The van der Waals surface area contributed by atoms with Crippen molar-refractivity contribution in [2.45, 2.75) is 4.90 Å². The van der Waals surface area contributed by atoms with Gasteiger partial charge >= 0.3 is 0 Å². The lowest BCUT2D eigenvalue weighted by molar-refractivity contribution is -0.115. The average Bonchev–Trinajstić information content (AvgIpc) is 2.45. The van der Waals surface area contributed by atoms with Gasteiger partial charge in [-0.2, -0.15) is 0 Å². The maximum absolute atomic E-state index is 13.5. The second kappa shape index (κ2) is 7.16. The lowest BCUT2D eigenvalue weighted by atomic mass is 10.3. The average molecular weight is 405 g/mol. The zero-order chi connectivity index (χ0) is 17.0. The van der Waals surface area contributed by atoms with Gasteiger partial charge in [0.1, 0.15) is 11.6 Å². The lowest BCUT2D eigenvalue weighted by Crippen LogP contribution is -2.33. The molecule has 0 radical (unpaired) electrons. The van der Waals surface area contributed by atoms with E-state index in [-0.39, 0.29) is 0 Å². The van der Waals surface area contributed by atoms with Gasteiger partial charge in [0, 0.05) is 10.2 Å². The molecule has 0 bridgehead atoms. The number of sulfonamides is 1. The quantitative estimate of drug-likeness (QED) is 0.804. The van der Waals surface area contributed by atoms with Crippen molar-refractivity contribution in [2.24, 2.45) is 0 Å². The molecule has 2 N–H and O–H groups in total. The van der Waals surface area contributed by atoms with Crippen LogP contribution in [0.4, 0.5) is 14.5 Å². The van der Waals surface area contributed by atoms with Crippen LogP contribution in [-0.4, -0.2) is 20.9 Å². The third kappa shape index (κ3) is 4.57. The van der Waals surface area contributed by atoms with E-state index in [2.05, 4.69) is 21.2 Å². The normalized spacial score (nSPS) is 11.3. The van der Waals surface area contributed by atoms with Gasteiger partial charge < -0.3 is 5.32 Å². The van der Waals surface area contributed by atoms with Gasteiger partial charge in [-0.1, -0.05) is 28.1 Å². The molecule has 0 aromatic heterocycles. The summed E-state index contributed by atoms with van der Waals surface area (Å²) >= 11 is 3.22. The minimum Gasteiger partial charge on any atom is -0.325 e. The Bertz CT molecular complexity index is 823. The van der Waals surface area contributed by atoms with E-state index in [9.17, 15) is 22.0 Å². The Balaban J connectivity index is 2.06. The highest BCUT2D eigenvalue weighted by atomic mass is 79.9. The molecule has 0 saturated carbocycles. The third-order valence-electron chi connectivity index (χ3n) is 2.72. The van der Waals surface area contributed by atoms with E-state index in [1.807, 2.05) is 4.72 Å². The van der Waals surface area contributed by atoms with Crippen molar-refractivity contribution in [1.82, 2.24) is 4.72 Å². The highest BCUT2D eigenvalue weighted by molar-refractivity contribution is 9.10. The van der Waals surface area contributed by atoms with Crippen molar-refractivity contribution in [2.75, 3.05) is 11.9 Å². The van der Waals surface area contributed by atoms with Crippen LogP contribution in [0.3, 0.4) is 0 Å². The molecule has 2 aromatic rings. The summed E-state index contributed by atoms with van der Waals surface area (Å²) in [4.78, 5) is 10.6. The molecule has 5 nitrogen and oxygen atoms in total. The number of benzene rings is 2. The monoisotopic (exact) mass is 404 g/mol. The fraction of sp³-hybridized carbons (Fsp3) is 0.0714. The molecule has 9 heteroatoms. The second-order valence-corrected chi connectivity index (χ2v) is 7.05. The Morgan fingerprint density at radius 3 is 2.30 bits per heavy atom. The molecule has 122 valence electrons. The number of nitrogens with one attached hydrogen (secondary N) is 2. The van der Waals surface area contributed by atoms with Gasteiger partial charge in [0.2, 0.25) is 15.9 Å². The standard InChI is InChI=1S/C14H11BrF2N2O3S/c15-9-3-1-4-10(7-9)19-13(20)8-18-23(21,22)14-11(16)5-2-6-12(14)17/h1-7,18H,8H2,(H,19,20). The summed E-state index contributed by atoms with van der Waals surface area (Å²) in [6.07, 6.45) is 0. The molecule has 1 amide bonds. The number of hydrogen-bond donors (Lipinski definition) is 2. The minimum absolute atomic E-state index is 0.445. The van der Waals surface area contributed by atoms with Crippen LogP contribution < -0.4 is 10.0 Å². The van der Waals surface area contributed by atoms with Crippen molar-refractivity contribution >= 4 is 37.5 Å². The first kappa shape index (κ1) is 17.5. The van der Waals surface area contributed by atoms with Crippen molar-refractivity contribution in [3.8, 4) is 0 Å². The van der Waals surface area contributed by atoms with E-state index in [1.54, 1.807) is 24.3 Å². The summed E-state index contributed by atoms with van der Waals surface area (Å²) in [6, 6.07) is 9.33. The number of halogens is 3. The molecule has 0 aliphatic rings. The molecule has 23 heavy (non-hydrogen) atoms. The summed E-state index contributed by atoms with van der Waals surface area (Å²) in [6.45, 7) is -0.664. The number of carbonyl (C=O) groups excluding carboxylic acids is 1.